The fourth-order valence-corrected chi connectivity index (χ4v) is 8.53. The minimum absolute atomic E-state index is 0.0151. The number of hydrogen-bond acceptors (Lipinski definition) is 20. The van der Waals surface area contributed by atoms with Crippen LogP contribution in [0.4, 0.5) is 5.82 Å². The van der Waals surface area contributed by atoms with Crippen molar-refractivity contribution in [2.24, 2.45) is 11.3 Å². The van der Waals surface area contributed by atoms with Crippen LogP contribution in [0.15, 0.2) is 24.8 Å². The molecule has 342 valence electrons. The molecular weight excluding hydrogens is 903 g/mol. The van der Waals surface area contributed by atoms with Crippen molar-refractivity contribution < 1.29 is 95.2 Å². The minimum Gasteiger partial charge on any atom is -0.481 e. The number of aromatic nitrogens is 4. The number of imidazole rings is 1. The van der Waals surface area contributed by atoms with E-state index >= 15 is 0 Å². The van der Waals surface area contributed by atoms with Crippen LogP contribution in [0.5, 0.6) is 0 Å². The van der Waals surface area contributed by atoms with Gasteiger partial charge in [-0.1, -0.05) is 38.6 Å². The van der Waals surface area contributed by atoms with Crippen LogP contribution >= 0.6 is 35.2 Å². The highest BCUT2D eigenvalue weighted by molar-refractivity contribution is 8.14. The molecule has 31 heteroatoms. The van der Waals surface area contributed by atoms with Crippen molar-refractivity contribution in [2.45, 2.75) is 70.7 Å². The van der Waals surface area contributed by atoms with E-state index in [9.17, 15) is 67.5 Å². The highest BCUT2D eigenvalue weighted by Crippen LogP contribution is 2.61. The molecule has 0 radical (unpaired) electrons. The molecule has 2 aromatic heterocycles. The van der Waals surface area contributed by atoms with Crippen LogP contribution in [0.3, 0.4) is 0 Å². The van der Waals surface area contributed by atoms with Gasteiger partial charge in [-0.25, -0.2) is 28.6 Å². The molecule has 27 nitrogen and oxygen atoms in total. The molecule has 0 bridgehead atoms. The molecule has 2 aromatic rings. The summed E-state index contributed by atoms with van der Waals surface area (Å²) in [6.45, 7) is 1.68. The maximum absolute atomic E-state index is 12.7. The third-order valence-electron chi connectivity index (χ3n) is 8.36. The van der Waals surface area contributed by atoms with Gasteiger partial charge in [-0.2, -0.15) is 4.31 Å². The van der Waals surface area contributed by atoms with E-state index in [4.69, 9.17) is 24.6 Å². The number of thioether (sulfide) groups is 1. The average molecular weight is 950 g/mol. The summed E-state index contributed by atoms with van der Waals surface area (Å²) in [5.74, 6) is -3.55. The van der Waals surface area contributed by atoms with Gasteiger partial charge in [0.05, 0.1) is 26.0 Å². The standard InChI is InChI=1S/C30H46N7O20P3S/c1-16(17(38)5-6-20(40)41)4-7-21(42)61-11-10-32-19(39)8-9-33-28(45)25(44)30(2,3)13-54-60(51,52)57-59(49,50)53-12-18-24(56-58(46,47)48)23(43)29(55-18)37-15-36-22-26(31)34-14-35-27(22)37/h4,7,14-16,18,23-25,29,43-44H,5-6,8-13H2,1-3H3,(H,32,39)(H,33,45)(H,40,41)(H,49,50)(H,51,52)(H2,31,34,35)(H2,46,47,48)/b7-4+/t16?,18-,23-,24-,25+,29-/m1/s1. The Labute approximate surface area is 350 Å². The van der Waals surface area contributed by atoms with Gasteiger partial charge in [0.1, 0.15) is 42.0 Å². The third-order valence-corrected chi connectivity index (χ3v) is 12.3. The Morgan fingerprint density at radius 3 is 2.34 bits per heavy atom. The van der Waals surface area contributed by atoms with Gasteiger partial charge >= 0.3 is 29.4 Å². The van der Waals surface area contributed by atoms with E-state index in [1.165, 1.54) is 32.9 Å². The van der Waals surface area contributed by atoms with Crippen LogP contribution in [-0.4, -0.2) is 140 Å². The number of nitrogens with zero attached hydrogens (tertiary/aromatic N) is 4. The molecule has 0 saturated carbocycles. The van der Waals surface area contributed by atoms with Crippen molar-refractivity contribution in [3.63, 3.8) is 0 Å². The third kappa shape index (κ3) is 16.6. The van der Waals surface area contributed by atoms with Crippen LogP contribution in [0.2, 0.25) is 0 Å². The molecule has 61 heavy (non-hydrogen) atoms. The summed E-state index contributed by atoms with van der Waals surface area (Å²) in [4.78, 5) is 110. The molecule has 1 aliphatic rings. The van der Waals surface area contributed by atoms with Gasteiger partial charge in [-0.05, 0) is 6.08 Å². The predicted octanol–water partition coefficient (Wildman–Crippen LogP) is -0.709. The summed E-state index contributed by atoms with van der Waals surface area (Å²) in [7, 11) is -16.5. The Balaban J connectivity index is 1.44. The van der Waals surface area contributed by atoms with E-state index in [1.807, 2.05) is 0 Å². The first-order chi connectivity index (χ1) is 28.2. The number of carboxylic acids is 1. The molecule has 0 aromatic carbocycles. The number of allylic oxidation sites excluding steroid dienone is 1. The Morgan fingerprint density at radius 1 is 1.02 bits per heavy atom. The lowest BCUT2D eigenvalue weighted by Crippen LogP contribution is -2.46. The lowest BCUT2D eigenvalue weighted by atomic mass is 9.87. The number of ketones is 1. The second kappa shape index (κ2) is 22.2. The number of fused-ring (bicyclic) bond motifs is 1. The van der Waals surface area contributed by atoms with Crippen LogP contribution in [0.1, 0.15) is 46.3 Å². The summed E-state index contributed by atoms with van der Waals surface area (Å²) >= 11 is 0.850. The van der Waals surface area contributed by atoms with E-state index in [1.54, 1.807) is 0 Å². The monoisotopic (exact) mass is 949 g/mol. The number of nitrogens with one attached hydrogen (secondary N) is 2. The first-order valence-corrected chi connectivity index (χ1v) is 23.2. The predicted molar refractivity (Wildman–Crippen MR) is 207 cm³/mol. The number of phosphoric ester groups is 3. The van der Waals surface area contributed by atoms with E-state index < -0.39 is 102 Å². The molecule has 2 amide bonds. The summed E-state index contributed by atoms with van der Waals surface area (Å²) in [5.41, 5.74) is 4.18. The van der Waals surface area contributed by atoms with Gasteiger partial charge in [0, 0.05) is 43.0 Å². The van der Waals surface area contributed by atoms with Crippen molar-refractivity contribution in [1.29, 1.82) is 0 Å². The molecule has 3 rings (SSSR count). The van der Waals surface area contributed by atoms with E-state index in [0.717, 1.165) is 29.0 Å². The van der Waals surface area contributed by atoms with Crippen molar-refractivity contribution in [1.82, 2.24) is 30.2 Å². The smallest absolute Gasteiger partial charge is 0.481 e. The largest absolute Gasteiger partial charge is 0.481 e. The maximum Gasteiger partial charge on any atom is 0.481 e. The van der Waals surface area contributed by atoms with Crippen molar-refractivity contribution >= 4 is 80.9 Å². The maximum atomic E-state index is 12.7. The van der Waals surface area contributed by atoms with Crippen molar-refractivity contribution in [2.75, 3.05) is 37.8 Å². The number of aliphatic hydroxyl groups excluding tert-OH is 2. The molecule has 1 aliphatic heterocycles. The summed E-state index contributed by atoms with van der Waals surface area (Å²) < 4.78 is 62.1. The number of aliphatic hydroxyl groups is 2. The number of phosphoric acid groups is 3. The van der Waals surface area contributed by atoms with Gasteiger partial charge in [-0.3, -0.25) is 42.1 Å². The quantitative estimate of drug-likeness (QED) is 0.0334. The molecule has 11 N–H and O–H groups in total. The molecule has 0 aliphatic carbocycles. The fourth-order valence-electron chi connectivity index (χ4n) is 5.12. The number of ether oxygens (including phenoxy) is 1. The fraction of sp³-hybridized carbons (Fsp3) is 0.600. The number of hydrogen-bond donors (Lipinski definition) is 10. The molecule has 1 fully saturated rings. The zero-order valence-electron chi connectivity index (χ0n) is 32.5. The van der Waals surface area contributed by atoms with Crippen LogP contribution in [0, 0.1) is 11.3 Å². The van der Waals surface area contributed by atoms with E-state index in [-0.39, 0.29) is 60.9 Å². The van der Waals surface area contributed by atoms with E-state index in [0.29, 0.717) is 0 Å². The average Bonchev–Trinajstić information content (AvgIpc) is 3.72. The second-order valence-corrected chi connectivity index (χ2v) is 19.1. The number of carboxylic acid groups (broad SMARTS) is 1. The summed E-state index contributed by atoms with van der Waals surface area (Å²) in [5, 5.41) is 34.5. The van der Waals surface area contributed by atoms with Crippen LogP contribution < -0.4 is 16.4 Å². The Morgan fingerprint density at radius 2 is 1.69 bits per heavy atom. The van der Waals surface area contributed by atoms with Crippen LogP contribution in [-0.2, 0) is 60.3 Å². The first kappa shape index (κ1) is 51.8. The van der Waals surface area contributed by atoms with Gasteiger partial charge < -0.3 is 56.0 Å². The highest BCUT2D eigenvalue weighted by atomic mass is 32.2. The Kier molecular flexibility index (Phi) is 18.8. The number of aliphatic carboxylic acids is 1. The Bertz CT molecular complexity index is 2080. The highest BCUT2D eigenvalue weighted by Gasteiger charge is 2.50. The SMILES string of the molecule is CC(/C=C/C(=O)SCCNC(=O)CCNC(=O)[C@H](O)C(C)(C)COP(=O)(O)OP(=O)(O)OC[C@H]1O[C@@H](n2cnc3c(N)ncnc32)[C@H](O)[C@@H]1OP(=O)(O)O)C(=O)CCC(=O)O. The first-order valence-electron chi connectivity index (χ1n) is 17.7. The second-order valence-electron chi connectivity index (χ2n) is 13.7. The number of nitrogens with two attached hydrogens (primary N) is 1. The molecular formula is C30H46N7O20P3S. The zero-order valence-corrected chi connectivity index (χ0v) is 36.0. The molecule has 3 unspecified atom stereocenters. The molecule has 3 heterocycles. The van der Waals surface area contributed by atoms with Crippen molar-refractivity contribution in [3.05, 3.63) is 24.8 Å². The zero-order chi connectivity index (χ0) is 45.9. The topological polar surface area (TPSA) is 418 Å². The molecule has 1 saturated heterocycles. The van der Waals surface area contributed by atoms with Crippen molar-refractivity contribution in [3.8, 4) is 0 Å². The number of anilines is 1. The van der Waals surface area contributed by atoms with Crippen LogP contribution in [0.25, 0.3) is 11.2 Å². The van der Waals surface area contributed by atoms with E-state index in [2.05, 4.69) is 34.4 Å². The van der Waals surface area contributed by atoms with Gasteiger partial charge in [-0.15, -0.1) is 0 Å². The molecule has 0 spiro atoms. The van der Waals surface area contributed by atoms with Gasteiger partial charge in [0.15, 0.2) is 17.7 Å². The van der Waals surface area contributed by atoms with Gasteiger partial charge in [0.2, 0.25) is 16.9 Å². The number of Topliss-reactive ketones (excluding diaryl/α,β-unsaturated/α-hetero) is 1. The van der Waals surface area contributed by atoms with Gasteiger partial charge in [0.25, 0.3) is 0 Å². The number of rotatable bonds is 25. The Hall–Kier alpha value is -3.56. The normalized spacial score (nSPS) is 21.4. The number of amides is 2. The number of carbonyl (C=O) groups is 5. The molecule has 8 atom stereocenters. The lowest BCUT2D eigenvalue weighted by molar-refractivity contribution is -0.139. The number of nitrogen functional groups attached to an aromatic ring is 1. The number of carbonyl (C=O) groups excluding carboxylic acids is 4. The minimum atomic E-state index is -5.60. The summed E-state index contributed by atoms with van der Waals surface area (Å²) in [6, 6.07) is 0. The summed E-state index contributed by atoms with van der Waals surface area (Å²) in [6.07, 6.45) is -5.10. The lowest BCUT2D eigenvalue weighted by Gasteiger charge is -2.30.